The molecule has 3 heteroatoms. The fourth-order valence-electron chi connectivity index (χ4n) is 1.33. The Balaban J connectivity index is 3.18. The van der Waals surface area contributed by atoms with Gasteiger partial charge in [-0.15, -0.1) is 0 Å². The lowest BCUT2D eigenvalue weighted by molar-refractivity contribution is 0.0597. The van der Waals surface area contributed by atoms with Crippen molar-refractivity contribution in [2.75, 3.05) is 7.11 Å². The molecule has 0 bridgehead atoms. The number of methoxy groups -OCH3 is 1. The average Bonchev–Trinajstić information content (AvgIpc) is 2.27. The average molecular weight is 218 g/mol. The molecule has 16 heavy (non-hydrogen) atoms. The predicted molar refractivity (Wildman–Crippen MR) is 61.5 cm³/mol. The summed E-state index contributed by atoms with van der Waals surface area (Å²) in [4.78, 5) is 23.2. The van der Waals surface area contributed by atoms with Gasteiger partial charge < -0.3 is 4.74 Å². The molecule has 0 saturated heterocycles. The molecular formula is C13H14O3. The largest absolute Gasteiger partial charge is 0.465 e. The molecule has 0 N–H and O–H groups in total. The van der Waals surface area contributed by atoms with Gasteiger partial charge in [-0.2, -0.15) is 0 Å². The van der Waals surface area contributed by atoms with E-state index < -0.39 is 5.97 Å². The number of hydrogen-bond donors (Lipinski definition) is 0. The fourth-order valence-corrected chi connectivity index (χ4v) is 1.33. The van der Waals surface area contributed by atoms with Crippen molar-refractivity contribution in [3.05, 3.63) is 47.0 Å². The van der Waals surface area contributed by atoms with Crippen LogP contribution in [0.25, 0.3) is 0 Å². The minimum atomic E-state index is -0.494. The van der Waals surface area contributed by atoms with E-state index in [1.54, 1.807) is 24.3 Å². The molecule has 0 aromatic heterocycles. The molecule has 0 unspecified atom stereocenters. The zero-order valence-corrected chi connectivity index (χ0v) is 9.61. The summed E-state index contributed by atoms with van der Waals surface area (Å²) >= 11 is 0. The van der Waals surface area contributed by atoms with E-state index in [-0.39, 0.29) is 5.78 Å². The zero-order valence-electron chi connectivity index (χ0n) is 9.61. The quantitative estimate of drug-likeness (QED) is 0.445. The van der Waals surface area contributed by atoms with E-state index in [1.807, 2.05) is 13.8 Å². The second-order valence-electron chi connectivity index (χ2n) is 3.62. The second kappa shape index (κ2) is 5.26. The normalized spacial score (nSPS) is 9.44. The Morgan fingerprint density at radius 1 is 1.12 bits per heavy atom. The highest BCUT2D eigenvalue weighted by atomic mass is 16.5. The van der Waals surface area contributed by atoms with Crippen LogP contribution in [0.15, 0.2) is 35.9 Å². The van der Waals surface area contributed by atoms with Crippen molar-refractivity contribution in [1.82, 2.24) is 0 Å². The Bertz CT molecular complexity index is 440. The molecule has 1 aromatic rings. The van der Waals surface area contributed by atoms with Crippen LogP contribution in [0.4, 0.5) is 0 Å². The summed E-state index contributed by atoms with van der Waals surface area (Å²) in [5.74, 6) is -0.674. The van der Waals surface area contributed by atoms with Gasteiger partial charge in [0.05, 0.1) is 12.7 Å². The van der Waals surface area contributed by atoms with Crippen LogP contribution in [0.2, 0.25) is 0 Å². The van der Waals surface area contributed by atoms with Crippen molar-refractivity contribution in [3.63, 3.8) is 0 Å². The fraction of sp³-hybridized carbons (Fsp3) is 0.231. The van der Waals surface area contributed by atoms with Crippen molar-refractivity contribution in [1.29, 1.82) is 0 Å². The first-order valence-electron chi connectivity index (χ1n) is 4.93. The number of esters is 1. The maximum absolute atomic E-state index is 11.8. The summed E-state index contributed by atoms with van der Waals surface area (Å²) in [7, 11) is 1.30. The Morgan fingerprint density at radius 2 is 1.69 bits per heavy atom. The second-order valence-corrected chi connectivity index (χ2v) is 3.62. The molecule has 0 atom stereocenters. The van der Waals surface area contributed by atoms with Crippen LogP contribution in [0.1, 0.15) is 34.6 Å². The number of carbonyl (C=O) groups is 2. The van der Waals surface area contributed by atoms with Gasteiger partial charge in [-0.3, -0.25) is 4.79 Å². The predicted octanol–water partition coefficient (Wildman–Crippen LogP) is 2.62. The molecule has 0 aliphatic rings. The smallest absolute Gasteiger partial charge is 0.338 e. The molecule has 0 spiro atoms. The topological polar surface area (TPSA) is 43.4 Å². The maximum atomic E-state index is 11.8. The SMILES string of the molecule is COC(=O)c1ccccc1C(=O)C=C(C)C. The number of rotatable bonds is 3. The molecule has 0 aliphatic heterocycles. The highest BCUT2D eigenvalue weighted by Crippen LogP contribution is 2.12. The van der Waals surface area contributed by atoms with Gasteiger partial charge in [0, 0.05) is 5.56 Å². The van der Waals surface area contributed by atoms with Gasteiger partial charge in [0.15, 0.2) is 5.78 Å². The molecule has 3 nitrogen and oxygen atoms in total. The minimum Gasteiger partial charge on any atom is -0.465 e. The Kier molecular flexibility index (Phi) is 4.00. The summed E-state index contributed by atoms with van der Waals surface area (Å²) in [6, 6.07) is 6.62. The summed E-state index contributed by atoms with van der Waals surface area (Å²) < 4.78 is 4.62. The Morgan fingerprint density at radius 3 is 2.19 bits per heavy atom. The van der Waals surface area contributed by atoms with Crippen LogP contribution in [0.5, 0.6) is 0 Å². The molecule has 1 rings (SSSR count). The summed E-state index contributed by atoms with van der Waals surface area (Å²) in [6.07, 6.45) is 1.50. The number of hydrogen-bond acceptors (Lipinski definition) is 3. The number of ketones is 1. The van der Waals surface area contributed by atoms with Crippen LogP contribution >= 0.6 is 0 Å². The summed E-state index contributed by atoms with van der Waals surface area (Å²) in [5, 5.41) is 0. The van der Waals surface area contributed by atoms with E-state index >= 15 is 0 Å². The van der Waals surface area contributed by atoms with Crippen molar-refractivity contribution in [3.8, 4) is 0 Å². The standard InChI is InChI=1S/C13H14O3/c1-9(2)8-12(14)10-6-4-5-7-11(10)13(15)16-3/h4-8H,1-3H3. The Labute approximate surface area is 94.7 Å². The molecule has 84 valence electrons. The van der Waals surface area contributed by atoms with E-state index in [2.05, 4.69) is 4.74 Å². The lowest BCUT2D eigenvalue weighted by atomic mass is 10.0. The summed E-state index contributed by atoms with van der Waals surface area (Å²) in [6.45, 7) is 3.66. The highest BCUT2D eigenvalue weighted by Gasteiger charge is 2.14. The molecule has 1 aromatic carbocycles. The highest BCUT2D eigenvalue weighted by molar-refractivity contribution is 6.11. The van der Waals surface area contributed by atoms with Crippen LogP contribution in [-0.2, 0) is 4.74 Å². The first-order valence-corrected chi connectivity index (χ1v) is 4.93. The monoisotopic (exact) mass is 218 g/mol. The maximum Gasteiger partial charge on any atom is 0.338 e. The Hall–Kier alpha value is -1.90. The molecule has 0 saturated carbocycles. The van der Waals surface area contributed by atoms with Crippen molar-refractivity contribution < 1.29 is 14.3 Å². The lowest BCUT2D eigenvalue weighted by Gasteiger charge is -2.04. The molecule has 0 heterocycles. The number of allylic oxidation sites excluding steroid dienone is 2. The number of benzene rings is 1. The van der Waals surface area contributed by atoms with Gasteiger partial charge >= 0.3 is 5.97 Å². The van der Waals surface area contributed by atoms with E-state index in [0.717, 1.165) is 5.57 Å². The molecular weight excluding hydrogens is 204 g/mol. The lowest BCUT2D eigenvalue weighted by Crippen LogP contribution is -2.09. The van der Waals surface area contributed by atoms with Crippen molar-refractivity contribution in [2.24, 2.45) is 0 Å². The van der Waals surface area contributed by atoms with Gasteiger partial charge in [-0.05, 0) is 26.0 Å². The van der Waals surface area contributed by atoms with E-state index in [0.29, 0.717) is 11.1 Å². The zero-order chi connectivity index (χ0) is 12.1. The van der Waals surface area contributed by atoms with Gasteiger partial charge in [0.2, 0.25) is 0 Å². The molecule has 0 aliphatic carbocycles. The van der Waals surface area contributed by atoms with Crippen molar-refractivity contribution in [2.45, 2.75) is 13.8 Å². The van der Waals surface area contributed by atoms with E-state index in [9.17, 15) is 9.59 Å². The van der Waals surface area contributed by atoms with Gasteiger partial charge in [0.25, 0.3) is 0 Å². The van der Waals surface area contributed by atoms with E-state index in [1.165, 1.54) is 13.2 Å². The first-order chi connectivity index (χ1) is 7.56. The van der Waals surface area contributed by atoms with Gasteiger partial charge in [-0.1, -0.05) is 23.8 Å². The summed E-state index contributed by atoms with van der Waals surface area (Å²) in [5.41, 5.74) is 1.56. The van der Waals surface area contributed by atoms with Crippen LogP contribution in [-0.4, -0.2) is 18.9 Å². The molecule has 0 amide bonds. The van der Waals surface area contributed by atoms with Crippen LogP contribution < -0.4 is 0 Å². The molecule has 0 radical (unpaired) electrons. The third-order valence-corrected chi connectivity index (χ3v) is 2.02. The molecule has 0 fully saturated rings. The number of ether oxygens (including phenoxy) is 1. The van der Waals surface area contributed by atoms with Crippen LogP contribution in [0.3, 0.4) is 0 Å². The third kappa shape index (κ3) is 2.79. The van der Waals surface area contributed by atoms with Crippen LogP contribution in [0, 0.1) is 0 Å². The van der Waals surface area contributed by atoms with Gasteiger partial charge in [-0.25, -0.2) is 4.79 Å². The number of carbonyl (C=O) groups excluding carboxylic acids is 2. The minimum absolute atomic E-state index is 0.180. The van der Waals surface area contributed by atoms with E-state index in [4.69, 9.17) is 0 Å². The third-order valence-electron chi connectivity index (χ3n) is 2.02. The van der Waals surface area contributed by atoms with Gasteiger partial charge in [0.1, 0.15) is 0 Å². The first kappa shape index (κ1) is 12.2. The van der Waals surface area contributed by atoms with Crippen molar-refractivity contribution >= 4 is 11.8 Å².